The Morgan fingerprint density at radius 2 is 1.89 bits per heavy atom. The maximum Gasteiger partial charge on any atom is 0.303 e. The SMILES string of the molecule is CC(C)C[C@H](CNC(=O)CC1CCCC1)CC(=O)O. The van der Waals surface area contributed by atoms with Crippen LogP contribution in [-0.4, -0.2) is 23.5 Å². The summed E-state index contributed by atoms with van der Waals surface area (Å²) in [7, 11) is 0. The highest BCUT2D eigenvalue weighted by atomic mass is 16.4. The Morgan fingerprint density at radius 1 is 1.26 bits per heavy atom. The number of carbonyl (C=O) groups excluding carboxylic acids is 1. The molecule has 2 N–H and O–H groups in total. The molecule has 0 heterocycles. The Morgan fingerprint density at radius 3 is 2.42 bits per heavy atom. The first-order chi connectivity index (χ1) is 8.97. The van der Waals surface area contributed by atoms with E-state index in [0.29, 0.717) is 24.8 Å². The van der Waals surface area contributed by atoms with Crippen LogP contribution in [0.2, 0.25) is 0 Å². The van der Waals surface area contributed by atoms with Crippen LogP contribution in [0.1, 0.15) is 58.8 Å². The van der Waals surface area contributed by atoms with Gasteiger partial charge in [-0.25, -0.2) is 0 Å². The van der Waals surface area contributed by atoms with Crippen LogP contribution < -0.4 is 5.32 Å². The van der Waals surface area contributed by atoms with Crippen molar-refractivity contribution in [1.29, 1.82) is 0 Å². The average molecular weight is 269 g/mol. The van der Waals surface area contributed by atoms with E-state index in [1.54, 1.807) is 0 Å². The van der Waals surface area contributed by atoms with E-state index in [9.17, 15) is 9.59 Å². The number of nitrogens with one attached hydrogen (secondary N) is 1. The molecule has 0 aromatic carbocycles. The fraction of sp³-hybridized carbons (Fsp3) is 0.867. The minimum atomic E-state index is -0.782. The van der Waals surface area contributed by atoms with E-state index in [0.717, 1.165) is 19.3 Å². The van der Waals surface area contributed by atoms with Gasteiger partial charge in [0.1, 0.15) is 0 Å². The summed E-state index contributed by atoms with van der Waals surface area (Å²) in [5.41, 5.74) is 0. The van der Waals surface area contributed by atoms with Crippen LogP contribution in [-0.2, 0) is 9.59 Å². The van der Waals surface area contributed by atoms with Gasteiger partial charge in [0.2, 0.25) is 5.91 Å². The normalized spacial score (nSPS) is 17.6. The van der Waals surface area contributed by atoms with Gasteiger partial charge in [-0.05, 0) is 37.0 Å². The van der Waals surface area contributed by atoms with E-state index < -0.39 is 5.97 Å². The van der Waals surface area contributed by atoms with E-state index in [2.05, 4.69) is 19.2 Å². The van der Waals surface area contributed by atoms with Crippen molar-refractivity contribution in [3.63, 3.8) is 0 Å². The number of hydrogen-bond acceptors (Lipinski definition) is 2. The lowest BCUT2D eigenvalue weighted by Crippen LogP contribution is -2.31. The van der Waals surface area contributed by atoms with Crippen molar-refractivity contribution in [2.24, 2.45) is 17.8 Å². The van der Waals surface area contributed by atoms with Gasteiger partial charge in [-0.3, -0.25) is 9.59 Å². The van der Waals surface area contributed by atoms with E-state index >= 15 is 0 Å². The van der Waals surface area contributed by atoms with Crippen LogP contribution in [0.4, 0.5) is 0 Å². The van der Waals surface area contributed by atoms with Gasteiger partial charge in [0.15, 0.2) is 0 Å². The molecular formula is C15H27NO3. The molecule has 0 unspecified atom stereocenters. The summed E-state index contributed by atoms with van der Waals surface area (Å²) >= 11 is 0. The molecule has 4 heteroatoms. The summed E-state index contributed by atoms with van der Waals surface area (Å²) in [6.45, 7) is 4.65. The van der Waals surface area contributed by atoms with Crippen LogP contribution in [0.25, 0.3) is 0 Å². The molecule has 1 fully saturated rings. The van der Waals surface area contributed by atoms with E-state index in [4.69, 9.17) is 5.11 Å². The molecule has 4 nitrogen and oxygen atoms in total. The molecule has 0 aliphatic heterocycles. The zero-order valence-electron chi connectivity index (χ0n) is 12.2. The largest absolute Gasteiger partial charge is 0.481 e. The van der Waals surface area contributed by atoms with Crippen molar-refractivity contribution < 1.29 is 14.7 Å². The number of rotatable bonds is 8. The van der Waals surface area contributed by atoms with Gasteiger partial charge in [-0.15, -0.1) is 0 Å². The van der Waals surface area contributed by atoms with Crippen molar-refractivity contribution in [1.82, 2.24) is 5.32 Å². The monoisotopic (exact) mass is 269 g/mol. The first-order valence-corrected chi connectivity index (χ1v) is 7.45. The Balaban J connectivity index is 2.28. The third-order valence-corrected chi connectivity index (χ3v) is 3.80. The maximum atomic E-state index is 11.8. The molecule has 110 valence electrons. The second kappa shape index (κ2) is 8.18. The van der Waals surface area contributed by atoms with Gasteiger partial charge in [0, 0.05) is 19.4 Å². The lowest BCUT2D eigenvalue weighted by atomic mass is 9.94. The summed E-state index contributed by atoms with van der Waals surface area (Å²) in [5, 5.41) is 11.8. The number of hydrogen-bond donors (Lipinski definition) is 2. The zero-order valence-corrected chi connectivity index (χ0v) is 12.2. The molecule has 1 saturated carbocycles. The van der Waals surface area contributed by atoms with Gasteiger partial charge in [0.25, 0.3) is 0 Å². The first kappa shape index (κ1) is 16.0. The molecule has 0 saturated heterocycles. The Bertz CT molecular complexity index is 296. The molecule has 0 aromatic heterocycles. The summed E-state index contributed by atoms with van der Waals surface area (Å²) in [6.07, 6.45) is 6.41. The number of carboxylic acid groups (broad SMARTS) is 1. The number of carbonyl (C=O) groups is 2. The lowest BCUT2D eigenvalue weighted by molar-refractivity contribution is -0.138. The average Bonchev–Trinajstić information content (AvgIpc) is 2.77. The predicted molar refractivity (Wildman–Crippen MR) is 74.8 cm³/mol. The molecule has 1 atom stereocenters. The highest BCUT2D eigenvalue weighted by Crippen LogP contribution is 2.27. The third kappa shape index (κ3) is 7.19. The number of amides is 1. The van der Waals surface area contributed by atoms with E-state index in [-0.39, 0.29) is 18.2 Å². The van der Waals surface area contributed by atoms with Crippen LogP contribution in [0.5, 0.6) is 0 Å². The number of carboxylic acids is 1. The van der Waals surface area contributed by atoms with Gasteiger partial charge < -0.3 is 10.4 Å². The molecule has 19 heavy (non-hydrogen) atoms. The molecule has 0 aromatic rings. The minimum Gasteiger partial charge on any atom is -0.481 e. The minimum absolute atomic E-state index is 0.0463. The maximum absolute atomic E-state index is 11.8. The molecule has 1 amide bonds. The first-order valence-electron chi connectivity index (χ1n) is 7.45. The molecule has 0 bridgehead atoms. The fourth-order valence-corrected chi connectivity index (χ4v) is 2.96. The summed E-state index contributed by atoms with van der Waals surface area (Å²) in [4.78, 5) is 22.6. The summed E-state index contributed by atoms with van der Waals surface area (Å²) < 4.78 is 0. The van der Waals surface area contributed by atoms with Crippen molar-refractivity contribution in [2.75, 3.05) is 6.54 Å². The standard InChI is InChI=1S/C15H27NO3/c1-11(2)7-13(9-15(18)19)10-16-14(17)8-12-5-3-4-6-12/h11-13H,3-10H2,1-2H3,(H,16,17)(H,18,19)/t13-/m0/s1. The van der Waals surface area contributed by atoms with Crippen LogP contribution >= 0.6 is 0 Å². The second-order valence-corrected chi connectivity index (χ2v) is 6.25. The van der Waals surface area contributed by atoms with Crippen molar-refractivity contribution in [3.8, 4) is 0 Å². The van der Waals surface area contributed by atoms with E-state index in [1.807, 2.05) is 0 Å². The Hall–Kier alpha value is -1.06. The van der Waals surface area contributed by atoms with Crippen molar-refractivity contribution >= 4 is 11.9 Å². The van der Waals surface area contributed by atoms with Gasteiger partial charge in [-0.2, -0.15) is 0 Å². The van der Waals surface area contributed by atoms with E-state index in [1.165, 1.54) is 12.8 Å². The zero-order chi connectivity index (χ0) is 14.3. The molecule has 1 aliphatic carbocycles. The highest BCUT2D eigenvalue weighted by Gasteiger charge is 2.20. The van der Waals surface area contributed by atoms with Gasteiger partial charge >= 0.3 is 5.97 Å². The molecule has 1 aliphatic rings. The molecule has 0 radical (unpaired) electrons. The smallest absolute Gasteiger partial charge is 0.303 e. The van der Waals surface area contributed by atoms with Gasteiger partial charge in [0.05, 0.1) is 0 Å². The molecular weight excluding hydrogens is 242 g/mol. The topological polar surface area (TPSA) is 66.4 Å². The predicted octanol–water partition coefficient (Wildman–Crippen LogP) is 2.82. The molecule has 0 spiro atoms. The van der Waals surface area contributed by atoms with Crippen molar-refractivity contribution in [3.05, 3.63) is 0 Å². The Labute approximate surface area is 116 Å². The fourth-order valence-electron chi connectivity index (χ4n) is 2.96. The Kier molecular flexibility index (Phi) is 6.89. The third-order valence-electron chi connectivity index (χ3n) is 3.80. The second-order valence-electron chi connectivity index (χ2n) is 6.25. The van der Waals surface area contributed by atoms with Gasteiger partial charge in [-0.1, -0.05) is 26.7 Å². The summed E-state index contributed by atoms with van der Waals surface area (Å²) in [5.74, 6) is 0.353. The summed E-state index contributed by atoms with van der Waals surface area (Å²) in [6, 6.07) is 0. The highest BCUT2D eigenvalue weighted by molar-refractivity contribution is 5.76. The lowest BCUT2D eigenvalue weighted by Gasteiger charge is -2.18. The molecule has 1 rings (SSSR count). The number of aliphatic carboxylic acids is 1. The van der Waals surface area contributed by atoms with Crippen LogP contribution in [0.3, 0.4) is 0 Å². The van der Waals surface area contributed by atoms with Crippen molar-refractivity contribution in [2.45, 2.75) is 58.8 Å². The van der Waals surface area contributed by atoms with Crippen LogP contribution in [0, 0.1) is 17.8 Å². The quantitative estimate of drug-likeness (QED) is 0.712. The van der Waals surface area contributed by atoms with Crippen LogP contribution in [0.15, 0.2) is 0 Å².